The minimum Gasteiger partial charge on any atom is -0.391 e. The zero-order chi connectivity index (χ0) is 14.1. The lowest BCUT2D eigenvalue weighted by molar-refractivity contribution is -0.671. The summed E-state index contributed by atoms with van der Waals surface area (Å²) in [6, 6.07) is 4.13. The maximum absolute atomic E-state index is 11.9. The molecular weight excluding hydrogens is 254 g/mol. The third-order valence-corrected chi connectivity index (χ3v) is 3.72. The van der Waals surface area contributed by atoms with Crippen molar-refractivity contribution in [2.75, 3.05) is 17.6 Å². The molecule has 0 spiro atoms. The molecule has 0 aliphatic carbocycles. The van der Waals surface area contributed by atoms with Crippen LogP contribution in [0, 0.1) is 0 Å². The van der Waals surface area contributed by atoms with Crippen LogP contribution in [0.1, 0.15) is 12.0 Å². The van der Waals surface area contributed by atoms with Gasteiger partial charge in [0.1, 0.15) is 18.6 Å². The van der Waals surface area contributed by atoms with E-state index in [1.165, 1.54) is 5.56 Å². The fraction of sp³-hybridized carbons (Fsp3) is 0.429. The molecule has 0 atom stereocenters. The highest BCUT2D eigenvalue weighted by Crippen LogP contribution is 2.20. The number of aromatic nitrogens is 3. The Hall–Kier alpha value is -2.24. The highest BCUT2D eigenvalue weighted by atomic mass is 16.1. The third-order valence-electron chi connectivity index (χ3n) is 3.72. The second-order valence-corrected chi connectivity index (χ2v) is 5.22. The van der Waals surface area contributed by atoms with Gasteiger partial charge in [-0.25, -0.2) is 9.25 Å². The zero-order valence-corrected chi connectivity index (χ0v) is 11.7. The number of nitrogens with zero attached hydrogens (tertiary/aromatic N) is 3. The molecular formula is C14H20N5O+. The quantitative estimate of drug-likeness (QED) is 0.778. The van der Waals surface area contributed by atoms with E-state index in [0.717, 1.165) is 38.3 Å². The highest BCUT2D eigenvalue weighted by molar-refractivity contribution is 5.61. The number of hydrogen-bond donors (Lipinski definition) is 2. The Morgan fingerprint density at radius 2 is 2.20 bits per heavy atom. The molecule has 2 aromatic rings. The van der Waals surface area contributed by atoms with Gasteiger partial charge in [0.15, 0.2) is 12.4 Å². The molecule has 0 amide bonds. The molecule has 3 heterocycles. The predicted octanol–water partition coefficient (Wildman–Crippen LogP) is 0.115. The van der Waals surface area contributed by atoms with E-state index < -0.39 is 0 Å². The maximum Gasteiger partial charge on any atom is 0.292 e. The highest BCUT2D eigenvalue weighted by Gasteiger charge is 2.20. The lowest BCUT2D eigenvalue weighted by Crippen LogP contribution is -2.27. The Morgan fingerprint density at radius 1 is 1.40 bits per heavy atom. The molecule has 0 unspecified atom stereocenters. The van der Waals surface area contributed by atoms with E-state index in [4.69, 9.17) is 5.73 Å². The van der Waals surface area contributed by atoms with Crippen molar-refractivity contribution in [2.24, 2.45) is 7.05 Å². The number of nitrogens with one attached hydrogen (secondary N) is 1. The van der Waals surface area contributed by atoms with Crippen molar-refractivity contribution in [3.63, 3.8) is 0 Å². The summed E-state index contributed by atoms with van der Waals surface area (Å²) in [5, 5.41) is 3.31. The van der Waals surface area contributed by atoms with Gasteiger partial charge in [0.25, 0.3) is 5.56 Å². The van der Waals surface area contributed by atoms with Crippen LogP contribution in [-0.4, -0.2) is 15.9 Å². The van der Waals surface area contributed by atoms with Crippen molar-refractivity contribution in [2.45, 2.75) is 25.9 Å². The molecule has 6 heteroatoms. The van der Waals surface area contributed by atoms with Crippen LogP contribution in [0.5, 0.6) is 0 Å². The molecule has 1 aliphatic rings. The Bertz CT molecular complexity index is 685. The first-order valence-corrected chi connectivity index (χ1v) is 6.94. The van der Waals surface area contributed by atoms with Crippen LogP contribution in [-0.2, 0) is 26.6 Å². The van der Waals surface area contributed by atoms with Crippen molar-refractivity contribution < 1.29 is 4.57 Å². The molecule has 2 aromatic heterocycles. The summed E-state index contributed by atoms with van der Waals surface area (Å²) in [6.07, 6.45) is 6.00. The van der Waals surface area contributed by atoms with Gasteiger partial charge < -0.3 is 11.1 Å². The van der Waals surface area contributed by atoms with Crippen LogP contribution < -0.4 is 21.2 Å². The van der Waals surface area contributed by atoms with Gasteiger partial charge in [-0.3, -0.25) is 9.48 Å². The van der Waals surface area contributed by atoms with Crippen LogP contribution in [0.4, 0.5) is 11.5 Å². The summed E-state index contributed by atoms with van der Waals surface area (Å²) in [5.41, 5.74) is 7.41. The SMILES string of the molecule is C[n+]1cccc(CCNc2c(N)c(=O)n3n2CCC3)c1. The summed E-state index contributed by atoms with van der Waals surface area (Å²) >= 11 is 0. The molecule has 0 radical (unpaired) electrons. The van der Waals surface area contributed by atoms with Gasteiger partial charge >= 0.3 is 0 Å². The number of anilines is 2. The molecule has 0 fully saturated rings. The van der Waals surface area contributed by atoms with E-state index in [0.29, 0.717) is 5.69 Å². The van der Waals surface area contributed by atoms with E-state index in [9.17, 15) is 4.79 Å². The lowest BCUT2D eigenvalue weighted by atomic mass is 10.2. The number of nitrogens with two attached hydrogens (primary N) is 1. The van der Waals surface area contributed by atoms with Crippen molar-refractivity contribution in [3.8, 4) is 0 Å². The van der Waals surface area contributed by atoms with Gasteiger partial charge in [-0.15, -0.1) is 0 Å². The minimum atomic E-state index is -0.0730. The third kappa shape index (κ3) is 2.17. The van der Waals surface area contributed by atoms with Gasteiger partial charge in [0.2, 0.25) is 0 Å². The van der Waals surface area contributed by atoms with Crippen LogP contribution >= 0.6 is 0 Å². The largest absolute Gasteiger partial charge is 0.391 e. The average molecular weight is 274 g/mol. The number of aryl methyl sites for hydroxylation is 1. The first-order chi connectivity index (χ1) is 9.66. The summed E-state index contributed by atoms with van der Waals surface area (Å²) < 4.78 is 5.72. The Kier molecular flexibility index (Phi) is 3.22. The fourth-order valence-corrected chi connectivity index (χ4v) is 2.74. The van der Waals surface area contributed by atoms with Gasteiger partial charge in [0, 0.05) is 31.3 Å². The van der Waals surface area contributed by atoms with Crippen molar-refractivity contribution in [1.29, 1.82) is 0 Å². The van der Waals surface area contributed by atoms with Gasteiger partial charge in [-0.1, -0.05) is 0 Å². The topological polar surface area (TPSA) is 68.9 Å². The van der Waals surface area contributed by atoms with Crippen molar-refractivity contribution in [3.05, 3.63) is 40.4 Å². The number of fused-ring (bicyclic) bond motifs is 1. The van der Waals surface area contributed by atoms with Crippen LogP contribution in [0.25, 0.3) is 0 Å². The molecule has 106 valence electrons. The Morgan fingerprint density at radius 3 is 3.00 bits per heavy atom. The molecule has 3 rings (SSSR count). The second-order valence-electron chi connectivity index (χ2n) is 5.22. The van der Waals surface area contributed by atoms with Gasteiger partial charge in [-0.2, -0.15) is 0 Å². The normalized spacial score (nSPS) is 13.4. The van der Waals surface area contributed by atoms with Gasteiger partial charge in [-0.05, 0) is 18.9 Å². The van der Waals surface area contributed by atoms with Crippen LogP contribution in [0.2, 0.25) is 0 Å². The van der Waals surface area contributed by atoms with Gasteiger partial charge in [0.05, 0.1) is 0 Å². The number of hydrogen-bond acceptors (Lipinski definition) is 3. The first kappa shape index (κ1) is 12.8. The molecule has 3 N–H and O–H groups in total. The second kappa shape index (κ2) is 5.03. The zero-order valence-electron chi connectivity index (χ0n) is 11.7. The number of nitrogen functional groups attached to an aromatic ring is 1. The lowest BCUT2D eigenvalue weighted by Gasteiger charge is -2.09. The average Bonchev–Trinajstić information content (AvgIpc) is 2.98. The molecule has 20 heavy (non-hydrogen) atoms. The van der Waals surface area contributed by atoms with Crippen LogP contribution in [0.3, 0.4) is 0 Å². The first-order valence-electron chi connectivity index (χ1n) is 6.94. The molecule has 1 aliphatic heterocycles. The van der Waals surface area contributed by atoms with E-state index in [2.05, 4.69) is 17.6 Å². The van der Waals surface area contributed by atoms with Crippen molar-refractivity contribution in [1.82, 2.24) is 9.36 Å². The monoisotopic (exact) mass is 274 g/mol. The molecule has 6 nitrogen and oxygen atoms in total. The molecule has 0 saturated heterocycles. The smallest absolute Gasteiger partial charge is 0.292 e. The Balaban J connectivity index is 1.71. The summed E-state index contributed by atoms with van der Waals surface area (Å²) in [6.45, 7) is 2.38. The summed E-state index contributed by atoms with van der Waals surface area (Å²) in [4.78, 5) is 11.9. The van der Waals surface area contributed by atoms with E-state index in [1.807, 2.05) is 28.6 Å². The summed E-state index contributed by atoms with van der Waals surface area (Å²) in [5.74, 6) is 0.771. The Labute approximate surface area is 117 Å². The number of pyridine rings is 1. The van der Waals surface area contributed by atoms with E-state index in [-0.39, 0.29) is 5.56 Å². The standard InChI is InChI=1S/C14H19N5O/c1-17-7-2-4-11(10-17)5-6-16-13-12(15)14(20)19-9-3-8-18(13)19/h2,4,7,10H,3,5-6,8-9,15H2,1H3/p+1. The fourth-order valence-electron chi connectivity index (χ4n) is 2.74. The summed E-state index contributed by atoms with van der Waals surface area (Å²) in [7, 11) is 2.01. The van der Waals surface area contributed by atoms with Crippen molar-refractivity contribution >= 4 is 11.5 Å². The predicted molar refractivity (Wildman–Crippen MR) is 77.5 cm³/mol. The minimum absolute atomic E-state index is 0.0730. The maximum atomic E-state index is 11.9. The van der Waals surface area contributed by atoms with Crippen LogP contribution in [0.15, 0.2) is 29.3 Å². The van der Waals surface area contributed by atoms with E-state index >= 15 is 0 Å². The number of rotatable bonds is 4. The molecule has 0 saturated carbocycles. The molecule has 0 aromatic carbocycles. The van der Waals surface area contributed by atoms with E-state index in [1.54, 1.807) is 4.68 Å². The molecule has 0 bridgehead atoms.